The summed E-state index contributed by atoms with van der Waals surface area (Å²) in [6.45, 7) is 2.84. The molecule has 1 aliphatic heterocycles. The largest absolute Gasteiger partial charge is 0.398 e. The standard InChI is InChI=1S/C15H18N4O/c16-13-5-4-11(15-12(13)3-1-6-18-15)9-19-8-2-7-17-14(20)10-19/h1,3-6H,2,7-10,16H2,(H,17,20). The van der Waals surface area contributed by atoms with Crippen molar-refractivity contribution in [2.75, 3.05) is 25.4 Å². The van der Waals surface area contributed by atoms with Gasteiger partial charge in [0.25, 0.3) is 0 Å². The molecule has 0 radical (unpaired) electrons. The minimum absolute atomic E-state index is 0.0928. The van der Waals surface area contributed by atoms with Crippen LogP contribution in [0.5, 0.6) is 0 Å². The number of fused-ring (bicyclic) bond motifs is 1. The molecule has 1 amide bonds. The van der Waals surface area contributed by atoms with Crippen LogP contribution < -0.4 is 11.1 Å². The second-order valence-corrected chi connectivity index (χ2v) is 5.13. The van der Waals surface area contributed by atoms with Crippen LogP contribution in [-0.2, 0) is 11.3 Å². The summed E-state index contributed by atoms with van der Waals surface area (Å²) in [5.41, 5.74) is 8.77. The van der Waals surface area contributed by atoms with E-state index in [2.05, 4.69) is 15.2 Å². The Balaban J connectivity index is 1.90. The molecule has 1 aliphatic rings. The molecule has 0 aliphatic carbocycles. The lowest BCUT2D eigenvalue weighted by Crippen LogP contribution is -2.32. The van der Waals surface area contributed by atoms with Gasteiger partial charge >= 0.3 is 0 Å². The maximum Gasteiger partial charge on any atom is 0.234 e. The molecule has 5 nitrogen and oxygen atoms in total. The normalized spacial score (nSPS) is 16.9. The second kappa shape index (κ2) is 5.46. The third kappa shape index (κ3) is 2.58. The van der Waals surface area contributed by atoms with Crippen LogP contribution >= 0.6 is 0 Å². The van der Waals surface area contributed by atoms with E-state index in [9.17, 15) is 4.79 Å². The van der Waals surface area contributed by atoms with Gasteiger partial charge in [-0.15, -0.1) is 0 Å². The first-order valence-electron chi connectivity index (χ1n) is 6.85. The molecule has 1 saturated heterocycles. The molecule has 1 fully saturated rings. The van der Waals surface area contributed by atoms with Crippen molar-refractivity contribution in [3.8, 4) is 0 Å². The van der Waals surface area contributed by atoms with Gasteiger partial charge in [-0.1, -0.05) is 6.07 Å². The van der Waals surface area contributed by atoms with E-state index < -0.39 is 0 Å². The Morgan fingerprint density at radius 2 is 2.25 bits per heavy atom. The fourth-order valence-electron chi connectivity index (χ4n) is 2.63. The van der Waals surface area contributed by atoms with E-state index in [-0.39, 0.29) is 5.91 Å². The van der Waals surface area contributed by atoms with Gasteiger partial charge in [0.2, 0.25) is 5.91 Å². The zero-order valence-electron chi connectivity index (χ0n) is 11.3. The van der Waals surface area contributed by atoms with Crippen LogP contribution in [0.4, 0.5) is 5.69 Å². The molecule has 0 spiro atoms. The van der Waals surface area contributed by atoms with Crippen molar-refractivity contribution in [3.05, 3.63) is 36.0 Å². The van der Waals surface area contributed by atoms with Gasteiger partial charge < -0.3 is 11.1 Å². The van der Waals surface area contributed by atoms with Crippen LogP contribution in [0.15, 0.2) is 30.5 Å². The van der Waals surface area contributed by atoms with E-state index in [1.54, 1.807) is 6.20 Å². The van der Waals surface area contributed by atoms with Crippen molar-refractivity contribution >= 4 is 22.5 Å². The number of aromatic nitrogens is 1. The van der Waals surface area contributed by atoms with Gasteiger partial charge in [-0.05, 0) is 30.2 Å². The van der Waals surface area contributed by atoms with Gasteiger partial charge in [-0.2, -0.15) is 0 Å². The lowest BCUT2D eigenvalue weighted by molar-refractivity contribution is -0.121. The van der Waals surface area contributed by atoms with E-state index in [4.69, 9.17) is 5.73 Å². The third-order valence-corrected chi connectivity index (χ3v) is 3.62. The van der Waals surface area contributed by atoms with Crippen LogP contribution in [0, 0.1) is 0 Å². The molecule has 1 aromatic heterocycles. The third-order valence-electron chi connectivity index (χ3n) is 3.62. The van der Waals surface area contributed by atoms with Crippen LogP contribution in [0.25, 0.3) is 10.9 Å². The monoisotopic (exact) mass is 270 g/mol. The van der Waals surface area contributed by atoms with Gasteiger partial charge in [-0.25, -0.2) is 0 Å². The minimum Gasteiger partial charge on any atom is -0.398 e. The summed E-state index contributed by atoms with van der Waals surface area (Å²) in [6, 6.07) is 7.79. The average Bonchev–Trinajstić information content (AvgIpc) is 2.66. The molecule has 0 unspecified atom stereocenters. The number of rotatable bonds is 2. The number of hydrogen-bond acceptors (Lipinski definition) is 4. The molecule has 3 N–H and O–H groups in total. The Bertz CT molecular complexity index is 641. The Hall–Kier alpha value is -2.14. The first-order chi connectivity index (χ1) is 9.74. The number of nitrogen functional groups attached to an aromatic ring is 1. The van der Waals surface area contributed by atoms with Crippen molar-refractivity contribution in [1.82, 2.24) is 15.2 Å². The fraction of sp³-hybridized carbons (Fsp3) is 0.333. The number of amides is 1. The minimum atomic E-state index is 0.0928. The maximum atomic E-state index is 11.6. The molecule has 2 heterocycles. The smallest absolute Gasteiger partial charge is 0.234 e. The summed E-state index contributed by atoms with van der Waals surface area (Å²) in [5.74, 6) is 0.0928. The fourth-order valence-corrected chi connectivity index (χ4v) is 2.63. The van der Waals surface area contributed by atoms with Crippen molar-refractivity contribution < 1.29 is 4.79 Å². The van der Waals surface area contributed by atoms with Gasteiger partial charge in [0.1, 0.15) is 0 Å². The molecule has 5 heteroatoms. The summed E-state index contributed by atoms with van der Waals surface area (Å²) in [5, 5.41) is 3.87. The lowest BCUT2D eigenvalue weighted by atomic mass is 10.1. The molecule has 3 rings (SSSR count). The van der Waals surface area contributed by atoms with E-state index in [1.807, 2.05) is 24.3 Å². The van der Waals surface area contributed by atoms with Crippen LogP contribution in [0.1, 0.15) is 12.0 Å². The molecule has 2 aromatic rings. The average molecular weight is 270 g/mol. The maximum absolute atomic E-state index is 11.6. The highest BCUT2D eigenvalue weighted by Crippen LogP contribution is 2.23. The predicted octanol–water partition coefficient (Wildman–Crippen LogP) is 1.14. The second-order valence-electron chi connectivity index (χ2n) is 5.13. The number of nitrogens with two attached hydrogens (primary N) is 1. The first kappa shape index (κ1) is 12.9. The Morgan fingerprint density at radius 1 is 1.35 bits per heavy atom. The zero-order valence-corrected chi connectivity index (χ0v) is 11.3. The van der Waals surface area contributed by atoms with Crippen molar-refractivity contribution in [2.24, 2.45) is 0 Å². The van der Waals surface area contributed by atoms with E-state index in [0.717, 1.165) is 48.2 Å². The van der Waals surface area contributed by atoms with Crippen LogP contribution in [-0.4, -0.2) is 35.4 Å². The number of benzene rings is 1. The summed E-state index contributed by atoms with van der Waals surface area (Å²) in [6.07, 6.45) is 2.76. The van der Waals surface area contributed by atoms with Gasteiger partial charge in [0, 0.05) is 36.9 Å². The van der Waals surface area contributed by atoms with Crippen molar-refractivity contribution in [2.45, 2.75) is 13.0 Å². The number of anilines is 1. The van der Waals surface area contributed by atoms with Gasteiger partial charge in [0.15, 0.2) is 0 Å². The molecule has 0 saturated carbocycles. The first-order valence-corrected chi connectivity index (χ1v) is 6.85. The Labute approximate surface area is 117 Å². The number of carbonyl (C=O) groups excluding carboxylic acids is 1. The molecule has 1 aromatic carbocycles. The highest BCUT2D eigenvalue weighted by Gasteiger charge is 2.16. The number of pyridine rings is 1. The number of nitrogens with one attached hydrogen (secondary N) is 1. The lowest BCUT2D eigenvalue weighted by Gasteiger charge is -2.19. The molecule has 104 valence electrons. The summed E-state index contributed by atoms with van der Waals surface area (Å²) < 4.78 is 0. The summed E-state index contributed by atoms with van der Waals surface area (Å²) in [4.78, 5) is 18.2. The van der Waals surface area contributed by atoms with E-state index >= 15 is 0 Å². The van der Waals surface area contributed by atoms with Crippen molar-refractivity contribution in [1.29, 1.82) is 0 Å². The van der Waals surface area contributed by atoms with E-state index in [1.165, 1.54) is 0 Å². The number of nitrogens with zero attached hydrogens (tertiary/aromatic N) is 2. The van der Waals surface area contributed by atoms with Gasteiger partial charge in [-0.3, -0.25) is 14.7 Å². The zero-order chi connectivity index (χ0) is 13.9. The molecule has 0 atom stereocenters. The quantitative estimate of drug-likeness (QED) is 0.803. The number of carbonyl (C=O) groups is 1. The molecular weight excluding hydrogens is 252 g/mol. The molecule has 0 bridgehead atoms. The highest BCUT2D eigenvalue weighted by molar-refractivity contribution is 5.92. The van der Waals surface area contributed by atoms with Crippen LogP contribution in [0.2, 0.25) is 0 Å². The highest BCUT2D eigenvalue weighted by atomic mass is 16.2. The Morgan fingerprint density at radius 3 is 3.15 bits per heavy atom. The van der Waals surface area contributed by atoms with E-state index in [0.29, 0.717) is 6.54 Å². The van der Waals surface area contributed by atoms with Crippen LogP contribution in [0.3, 0.4) is 0 Å². The number of hydrogen-bond donors (Lipinski definition) is 2. The van der Waals surface area contributed by atoms with Crippen molar-refractivity contribution in [3.63, 3.8) is 0 Å². The topological polar surface area (TPSA) is 71.2 Å². The van der Waals surface area contributed by atoms with Gasteiger partial charge in [0.05, 0.1) is 12.1 Å². The molecular formula is C15H18N4O. The Kier molecular flexibility index (Phi) is 3.52. The summed E-state index contributed by atoms with van der Waals surface area (Å²) >= 11 is 0. The molecule has 20 heavy (non-hydrogen) atoms. The predicted molar refractivity (Wildman–Crippen MR) is 79.1 cm³/mol. The summed E-state index contributed by atoms with van der Waals surface area (Å²) in [7, 11) is 0. The SMILES string of the molecule is Nc1ccc(CN2CCCNC(=O)C2)c2ncccc12.